The molecule has 0 aliphatic heterocycles. The van der Waals surface area contributed by atoms with Crippen molar-refractivity contribution in [3.63, 3.8) is 0 Å². The topological polar surface area (TPSA) is 89.9 Å². The number of amides is 1. The minimum absolute atomic E-state index is 0.0218. The molecule has 40 heavy (non-hydrogen) atoms. The quantitative estimate of drug-likeness (QED) is 0.136. The van der Waals surface area contributed by atoms with Crippen molar-refractivity contribution in [2.75, 3.05) is 11.9 Å². The highest BCUT2D eigenvalue weighted by Crippen LogP contribution is 2.32. The first-order chi connectivity index (χ1) is 19.1. The molecule has 2 rings (SSSR count). The number of hydrogen-bond donors (Lipinski definition) is 3. The Kier molecular flexibility index (Phi) is 14.0. The van der Waals surface area contributed by atoms with Gasteiger partial charge in [-0.3, -0.25) is 4.79 Å². The molecular formula is C31H43F3N2O4. The van der Waals surface area contributed by atoms with Crippen molar-refractivity contribution in [2.45, 2.75) is 103 Å². The number of aliphatic hydroxyl groups excluding tert-OH is 1. The second kappa shape index (κ2) is 16.9. The van der Waals surface area contributed by atoms with Gasteiger partial charge in [0.25, 0.3) is 0 Å². The smallest absolute Gasteiger partial charge is 0.416 e. The highest BCUT2D eigenvalue weighted by molar-refractivity contribution is 6.31. The molecule has 0 aliphatic carbocycles. The number of hydrogen-bond acceptors (Lipinski definition) is 4. The Balaban J connectivity index is 1.93. The van der Waals surface area contributed by atoms with E-state index in [9.17, 15) is 33.0 Å². The van der Waals surface area contributed by atoms with Crippen molar-refractivity contribution in [2.24, 2.45) is 0 Å². The van der Waals surface area contributed by atoms with E-state index in [1.54, 1.807) is 31.2 Å². The summed E-state index contributed by atoms with van der Waals surface area (Å²) in [5, 5.41) is 22.9. The van der Waals surface area contributed by atoms with Crippen LogP contribution in [0.25, 0.3) is 0 Å². The SMILES string of the molecule is CCCCCCCCCCC(O)CNc1ccc(CN(C(=O)C(=O)O)C(CC)c2ccc(C(F)(F)F)cc2)cc1. The summed E-state index contributed by atoms with van der Waals surface area (Å²) in [5.74, 6) is -2.76. The van der Waals surface area contributed by atoms with Gasteiger partial charge in [-0.15, -0.1) is 0 Å². The maximum Gasteiger partial charge on any atom is 0.416 e. The fourth-order valence-electron chi connectivity index (χ4n) is 4.75. The van der Waals surface area contributed by atoms with Gasteiger partial charge in [0.1, 0.15) is 0 Å². The van der Waals surface area contributed by atoms with E-state index in [1.165, 1.54) is 55.6 Å². The number of aliphatic hydroxyl groups is 1. The van der Waals surface area contributed by atoms with E-state index in [1.807, 2.05) is 0 Å². The van der Waals surface area contributed by atoms with Gasteiger partial charge in [0.15, 0.2) is 0 Å². The highest BCUT2D eigenvalue weighted by atomic mass is 19.4. The van der Waals surface area contributed by atoms with Gasteiger partial charge in [-0.1, -0.05) is 89.5 Å². The van der Waals surface area contributed by atoms with Crippen LogP contribution in [0.2, 0.25) is 0 Å². The second-order valence-electron chi connectivity index (χ2n) is 10.3. The standard InChI is InChI=1S/C31H43F3N2O4/c1-3-5-6-7-8-9-10-11-12-27(37)21-35-26-19-13-23(14-20-26)22-36(29(38)30(39)40)28(4-2)24-15-17-25(18-16-24)31(32,33)34/h13-20,27-28,35,37H,3-12,21-22H2,1-2H3,(H,39,40). The lowest BCUT2D eigenvalue weighted by molar-refractivity contribution is -0.157. The molecule has 0 bridgehead atoms. The minimum Gasteiger partial charge on any atom is -0.474 e. The molecule has 1 amide bonds. The number of benzene rings is 2. The number of carboxylic acids is 1. The summed E-state index contributed by atoms with van der Waals surface area (Å²) in [6.07, 6.45) is 5.78. The van der Waals surface area contributed by atoms with Crippen LogP contribution in [-0.4, -0.2) is 39.6 Å². The first kappa shape index (κ1) is 33.1. The van der Waals surface area contributed by atoms with Crippen LogP contribution in [0.3, 0.4) is 0 Å². The fourth-order valence-corrected chi connectivity index (χ4v) is 4.75. The highest BCUT2D eigenvalue weighted by Gasteiger charge is 2.32. The Labute approximate surface area is 235 Å². The first-order valence-electron chi connectivity index (χ1n) is 14.3. The Bertz CT molecular complexity index is 1030. The third-order valence-corrected chi connectivity index (χ3v) is 7.07. The minimum atomic E-state index is -4.49. The summed E-state index contributed by atoms with van der Waals surface area (Å²) in [7, 11) is 0. The van der Waals surface area contributed by atoms with Crippen molar-refractivity contribution in [1.82, 2.24) is 4.90 Å². The molecular weight excluding hydrogens is 521 g/mol. The molecule has 2 atom stereocenters. The Morgan fingerprint density at radius 1 is 0.875 bits per heavy atom. The van der Waals surface area contributed by atoms with Gasteiger partial charge in [-0.2, -0.15) is 13.2 Å². The van der Waals surface area contributed by atoms with Crippen molar-refractivity contribution < 1.29 is 33.0 Å². The fraction of sp³-hybridized carbons (Fsp3) is 0.548. The predicted molar refractivity (Wildman–Crippen MR) is 151 cm³/mol. The number of aliphatic carboxylic acids is 1. The van der Waals surface area contributed by atoms with Crippen molar-refractivity contribution in [1.29, 1.82) is 0 Å². The zero-order valence-corrected chi connectivity index (χ0v) is 23.6. The molecule has 3 N–H and O–H groups in total. The first-order valence-corrected chi connectivity index (χ1v) is 14.3. The number of halogens is 3. The Hall–Kier alpha value is -3.07. The molecule has 0 aliphatic rings. The van der Waals surface area contributed by atoms with Crippen molar-refractivity contribution in [3.8, 4) is 0 Å². The van der Waals surface area contributed by atoms with Gasteiger partial charge >= 0.3 is 18.1 Å². The maximum absolute atomic E-state index is 13.0. The molecule has 0 aromatic heterocycles. The van der Waals surface area contributed by atoms with Gasteiger partial charge in [-0.25, -0.2) is 4.79 Å². The number of carbonyl (C=O) groups is 2. The van der Waals surface area contributed by atoms with Crippen LogP contribution in [0.5, 0.6) is 0 Å². The molecule has 2 aromatic carbocycles. The number of anilines is 1. The lowest BCUT2D eigenvalue weighted by atomic mass is 10.00. The largest absolute Gasteiger partial charge is 0.474 e. The van der Waals surface area contributed by atoms with Gasteiger partial charge in [0.05, 0.1) is 17.7 Å². The van der Waals surface area contributed by atoms with Gasteiger partial charge in [-0.05, 0) is 48.2 Å². The maximum atomic E-state index is 13.0. The van der Waals surface area contributed by atoms with Crippen LogP contribution in [-0.2, 0) is 22.3 Å². The predicted octanol–water partition coefficient (Wildman–Crippen LogP) is 7.57. The summed E-state index contributed by atoms with van der Waals surface area (Å²) in [5.41, 5.74) is 1.07. The van der Waals surface area contributed by atoms with Crippen LogP contribution >= 0.6 is 0 Å². The number of carboxylic acid groups (broad SMARTS) is 1. The summed E-state index contributed by atoms with van der Waals surface area (Å²) in [6.45, 7) is 4.34. The van der Waals surface area contributed by atoms with E-state index in [-0.39, 0.29) is 6.54 Å². The monoisotopic (exact) mass is 564 g/mol. The molecule has 2 aromatic rings. The molecule has 0 saturated carbocycles. The van der Waals surface area contributed by atoms with E-state index in [0.717, 1.165) is 37.1 Å². The van der Waals surface area contributed by atoms with Crippen LogP contribution in [0, 0.1) is 0 Å². The Morgan fingerprint density at radius 2 is 1.45 bits per heavy atom. The Morgan fingerprint density at radius 3 is 1.98 bits per heavy atom. The van der Waals surface area contributed by atoms with Gasteiger partial charge in [0.2, 0.25) is 0 Å². The van der Waals surface area contributed by atoms with E-state index in [2.05, 4.69) is 12.2 Å². The molecule has 0 saturated heterocycles. The lowest BCUT2D eigenvalue weighted by Crippen LogP contribution is -2.38. The van der Waals surface area contributed by atoms with Crippen LogP contribution in [0.1, 0.15) is 101 Å². The molecule has 0 spiro atoms. The van der Waals surface area contributed by atoms with Crippen LogP contribution in [0.4, 0.5) is 18.9 Å². The zero-order valence-electron chi connectivity index (χ0n) is 23.6. The average molecular weight is 565 g/mol. The van der Waals surface area contributed by atoms with E-state index in [4.69, 9.17) is 0 Å². The number of alkyl halides is 3. The second-order valence-corrected chi connectivity index (χ2v) is 10.3. The normalized spacial score (nSPS) is 13.1. The summed E-state index contributed by atoms with van der Waals surface area (Å²) >= 11 is 0. The molecule has 9 heteroatoms. The van der Waals surface area contributed by atoms with Crippen molar-refractivity contribution >= 4 is 17.6 Å². The number of rotatable bonds is 17. The van der Waals surface area contributed by atoms with E-state index < -0.39 is 35.8 Å². The average Bonchev–Trinajstić information content (AvgIpc) is 2.93. The van der Waals surface area contributed by atoms with Crippen LogP contribution in [0.15, 0.2) is 48.5 Å². The van der Waals surface area contributed by atoms with Gasteiger partial charge in [0, 0.05) is 18.8 Å². The molecule has 222 valence electrons. The molecule has 2 unspecified atom stereocenters. The summed E-state index contributed by atoms with van der Waals surface area (Å²) in [6, 6.07) is 10.8. The van der Waals surface area contributed by atoms with E-state index >= 15 is 0 Å². The molecule has 0 heterocycles. The third-order valence-electron chi connectivity index (χ3n) is 7.07. The number of nitrogens with one attached hydrogen (secondary N) is 1. The summed E-state index contributed by atoms with van der Waals surface area (Å²) < 4.78 is 38.9. The van der Waals surface area contributed by atoms with E-state index in [0.29, 0.717) is 24.1 Å². The van der Waals surface area contributed by atoms with Crippen LogP contribution < -0.4 is 5.32 Å². The summed E-state index contributed by atoms with van der Waals surface area (Å²) in [4.78, 5) is 25.3. The number of unbranched alkanes of at least 4 members (excludes halogenated alkanes) is 7. The van der Waals surface area contributed by atoms with Crippen molar-refractivity contribution in [3.05, 3.63) is 65.2 Å². The third kappa shape index (κ3) is 11.2. The molecule has 6 nitrogen and oxygen atoms in total. The molecule has 0 fully saturated rings. The van der Waals surface area contributed by atoms with Gasteiger partial charge < -0.3 is 20.4 Å². The number of nitrogens with zero attached hydrogens (tertiary/aromatic N) is 1. The lowest BCUT2D eigenvalue weighted by Gasteiger charge is -2.30. The molecule has 0 radical (unpaired) electrons. The zero-order chi connectivity index (χ0) is 29.5. The number of carbonyl (C=O) groups excluding carboxylic acids is 1.